The van der Waals surface area contributed by atoms with E-state index in [2.05, 4.69) is 160 Å². The molecule has 79 heavy (non-hydrogen) atoms. The van der Waals surface area contributed by atoms with Gasteiger partial charge in [0.25, 0.3) is 0 Å². The van der Waals surface area contributed by atoms with Crippen LogP contribution in [-0.4, -0.2) is 82.3 Å². The van der Waals surface area contributed by atoms with Gasteiger partial charge in [-0.05, 0) is 116 Å². The lowest BCUT2D eigenvalue weighted by molar-refractivity contribution is -0.870. The zero-order valence-corrected chi connectivity index (χ0v) is 50.7. The van der Waals surface area contributed by atoms with Gasteiger partial charge in [0.15, 0.2) is 12.4 Å². The molecule has 446 valence electrons. The van der Waals surface area contributed by atoms with Gasteiger partial charge in [0.1, 0.15) is 13.2 Å². The Bertz CT molecular complexity index is 1800. The van der Waals surface area contributed by atoms with E-state index in [0.29, 0.717) is 23.9 Å². The Labute approximate surface area is 483 Å². The maximum atomic E-state index is 12.9. The highest BCUT2D eigenvalue weighted by Crippen LogP contribution is 2.15. The number of allylic oxidation sites excluding steroid dienone is 24. The first-order chi connectivity index (χ1) is 38.6. The smallest absolute Gasteiger partial charge is 0.306 e. The topological polar surface area (TPSA) is 111 Å². The van der Waals surface area contributed by atoms with Crippen molar-refractivity contribution in [3.8, 4) is 0 Å². The number of ether oxygens (including phenoxy) is 4. The molecule has 0 heterocycles. The lowest BCUT2D eigenvalue weighted by Gasteiger charge is -2.26. The van der Waals surface area contributed by atoms with Crippen LogP contribution in [0.25, 0.3) is 0 Å². The Kier molecular flexibility index (Phi) is 55.7. The molecule has 0 bridgehead atoms. The van der Waals surface area contributed by atoms with E-state index in [0.717, 1.165) is 116 Å². The summed E-state index contributed by atoms with van der Waals surface area (Å²) in [6.45, 7) is 4.46. The van der Waals surface area contributed by atoms with Crippen molar-refractivity contribution in [3.63, 3.8) is 0 Å². The van der Waals surface area contributed by atoms with Crippen molar-refractivity contribution in [1.82, 2.24) is 0 Å². The monoisotopic (exact) mass is 1100 g/mol. The number of hydrogen-bond donors (Lipinski definition) is 0. The molecule has 2 atom stereocenters. The molecule has 0 saturated carbocycles. The number of quaternary nitrogens is 1. The average molecular weight is 1100 g/mol. The van der Waals surface area contributed by atoms with Crippen LogP contribution in [0.15, 0.2) is 146 Å². The van der Waals surface area contributed by atoms with E-state index >= 15 is 0 Å². The van der Waals surface area contributed by atoms with Crippen LogP contribution >= 0.6 is 0 Å². The summed E-state index contributed by atoms with van der Waals surface area (Å²) in [5.41, 5.74) is 0. The largest absolute Gasteiger partial charge is 0.545 e. The number of unbranched alkanes of at least 4 members (excludes halogenated alkanes) is 16. The van der Waals surface area contributed by atoms with Crippen molar-refractivity contribution >= 4 is 17.9 Å². The van der Waals surface area contributed by atoms with E-state index in [9.17, 15) is 19.5 Å². The maximum absolute atomic E-state index is 12.9. The van der Waals surface area contributed by atoms with Crippen LogP contribution in [-0.2, 0) is 33.3 Å². The van der Waals surface area contributed by atoms with E-state index < -0.39 is 30.3 Å². The van der Waals surface area contributed by atoms with Crippen molar-refractivity contribution in [2.75, 3.05) is 47.5 Å². The number of carboxylic acids is 1. The Hall–Kier alpha value is -4.83. The second-order valence-electron chi connectivity index (χ2n) is 21.2. The van der Waals surface area contributed by atoms with Crippen LogP contribution in [0, 0.1) is 0 Å². The number of carbonyl (C=O) groups excluding carboxylic acids is 3. The second-order valence-corrected chi connectivity index (χ2v) is 21.2. The third-order valence-electron chi connectivity index (χ3n) is 12.6. The molecule has 0 aromatic rings. The fourth-order valence-corrected chi connectivity index (χ4v) is 7.90. The van der Waals surface area contributed by atoms with Gasteiger partial charge in [-0.25, -0.2) is 0 Å². The Morgan fingerprint density at radius 2 is 0.684 bits per heavy atom. The summed E-state index contributed by atoms with van der Waals surface area (Å²) in [4.78, 5) is 37.2. The third-order valence-corrected chi connectivity index (χ3v) is 12.6. The standard InChI is InChI=1S/C70H113NO8/c1-6-8-10-12-14-16-18-20-21-22-23-24-25-26-27-28-29-30-31-32-33-34-35-36-37-38-39-40-41-42-43-44-45-46-47-49-51-53-55-57-59-61-68(73)79-66(65-78-70(69(74)75)76-63-62-71(3,4)5)64-77-67(72)60-58-56-54-52-50-48-19-17-15-13-11-9-7-2/h8-11,14-17,20-21,23-24,26-27,29-30,32-33,35-36,38-39,48,50,66,70H,6-7,12-13,18-19,22,25,28,31,34,37,40-47,49,51-65H2,1-5H3/b10-8-,11-9-,16-14-,17-15-,21-20-,24-23-,27-26-,30-29-,33-32-,36-35-,39-38-,50-48-. The number of likely N-dealkylation sites (N-methyl/N-ethyl adjacent to an activating group) is 1. The normalized spacial score (nSPS) is 13.8. The molecule has 0 rings (SSSR count). The first kappa shape index (κ1) is 74.2. The quantitative estimate of drug-likeness (QED) is 0.0195. The minimum atomic E-state index is -1.64. The van der Waals surface area contributed by atoms with Crippen molar-refractivity contribution in [2.24, 2.45) is 0 Å². The molecule has 2 unspecified atom stereocenters. The van der Waals surface area contributed by atoms with E-state index in [1.807, 2.05) is 21.1 Å². The van der Waals surface area contributed by atoms with Gasteiger partial charge in [-0.2, -0.15) is 0 Å². The number of rotatable bonds is 55. The fourth-order valence-electron chi connectivity index (χ4n) is 7.90. The first-order valence-corrected chi connectivity index (χ1v) is 31.0. The predicted molar refractivity (Wildman–Crippen MR) is 333 cm³/mol. The molecular formula is C70H113NO8. The summed E-state index contributed by atoms with van der Waals surface area (Å²) in [6, 6.07) is 0. The van der Waals surface area contributed by atoms with Crippen LogP contribution < -0.4 is 5.11 Å². The molecule has 0 aliphatic heterocycles. The molecule has 9 nitrogen and oxygen atoms in total. The van der Waals surface area contributed by atoms with Crippen molar-refractivity contribution in [1.29, 1.82) is 0 Å². The van der Waals surface area contributed by atoms with Crippen LogP contribution in [0.1, 0.15) is 219 Å². The molecule has 0 radical (unpaired) electrons. The van der Waals surface area contributed by atoms with Crippen LogP contribution in [0.4, 0.5) is 0 Å². The summed E-state index contributed by atoms with van der Waals surface area (Å²) in [7, 11) is 5.90. The van der Waals surface area contributed by atoms with Crippen molar-refractivity contribution < 1.29 is 42.9 Å². The van der Waals surface area contributed by atoms with Crippen LogP contribution in [0.3, 0.4) is 0 Å². The van der Waals surface area contributed by atoms with E-state index in [1.54, 1.807) is 0 Å². The number of hydrogen-bond acceptors (Lipinski definition) is 8. The first-order valence-electron chi connectivity index (χ1n) is 31.0. The summed E-state index contributed by atoms with van der Waals surface area (Å²) in [6.07, 6.45) is 83.6. The Morgan fingerprint density at radius 1 is 0.380 bits per heavy atom. The number of esters is 2. The molecular weight excluding hydrogens is 983 g/mol. The fraction of sp³-hybridized carbons (Fsp3) is 0.614. The third kappa shape index (κ3) is 60.7. The molecule has 0 aliphatic carbocycles. The molecule has 0 fully saturated rings. The summed E-state index contributed by atoms with van der Waals surface area (Å²) < 4.78 is 22.6. The second kappa shape index (κ2) is 59.3. The Morgan fingerprint density at radius 3 is 1.03 bits per heavy atom. The van der Waals surface area contributed by atoms with Crippen LogP contribution in [0.2, 0.25) is 0 Å². The molecule has 0 aromatic heterocycles. The Balaban J connectivity index is 4.09. The van der Waals surface area contributed by atoms with Crippen molar-refractivity contribution in [3.05, 3.63) is 146 Å². The van der Waals surface area contributed by atoms with Gasteiger partial charge in [0.2, 0.25) is 0 Å². The minimum absolute atomic E-state index is 0.136. The molecule has 0 aromatic carbocycles. The minimum Gasteiger partial charge on any atom is -0.545 e. The predicted octanol–water partition coefficient (Wildman–Crippen LogP) is 17.5. The lowest BCUT2D eigenvalue weighted by atomic mass is 10.0. The highest BCUT2D eigenvalue weighted by molar-refractivity contribution is 5.70. The van der Waals surface area contributed by atoms with E-state index in [4.69, 9.17) is 18.9 Å². The number of carboxylic acid groups (broad SMARTS) is 1. The highest BCUT2D eigenvalue weighted by Gasteiger charge is 2.22. The highest BCUT2D eigenvalue weighted by atomic mass is 16.7. The zero-order valence-electron chi connectivity index (χ0n) is 50.7. The van der Waals surface area contributed by atoms with Gasteiger partial charge in [-0.15, -0.1) is 0 Å². The van der Waals surface area contributed by atoms with Gasteiger partial charge < -0.3 is 33.3 Å². The van der Waals surface area contributed by atoms with Crippen molar-refractivity contribution in [2.45, 2.75) is 232 Å². The summed E-state index contributed by atoms with van der Waals surface area (Å²) >= 11 is 0. The van der Waals surface area contributed by atoms with Gasteiger partial charge >= 0.3 is 11.9 Å². The molecule has 0 N–H and O–H groups in total. The van der Waals surface area contributed by atoms with Gasteiger partial charge in [-0.1, -0.05) is 237 Å². The zero-order chi connectivity index (χ0) is 57.6. The molecule has 9 heteroatoms. The SMILES string of the molecule is CC/C=C\C/C=C\C/C=C\C/C=C\C/C=C\C/C=C\C/C=C\C/C=C\C/C=C\CCCCCCCCCCCCCCCC(=O)OC(COC(=O)CCCCC/C=C\C/C=C\C/C=C\CC)COC(OCC[N+](C)(C)C)C(=O)[O-]. The summed E-state index contributed by atoms with van der Waals surface area (Å²) in [5.74, 6) is -2.34. The van der Waals surface area contributed by atoms with Gasteiger partial charge in [0, 0.05) is 12.8 Å². The molecule has 0 saturated heterocycles. The molecule has 0 aliphatic rings. The summed E-state index contributed by atoms with van der Waals surface area (Å²) in [5, 5.41) is 11.8. The van der Waals surface area contributed by atoms with Gasteiger partial charge in [-0.3, -0.25) is 9.59 Å². The van der Waals surface area contributed by atoms with E-state index in [1.165, 1.54) is 64.2 Å². The molecule has 0 spiro atoms. The lowest BCUT2D eigenvalue weighted by Crippen LogP contribution is -2.44. The van der Waals surface area contributed by atoms with E-state index in [-0.39, 0.29) is 32.7 Å². The van der Waals surface area contributed by atoms with Crippen LogP contribution in [0.5, 0.6) is 0 Å². The van der Waals surface area contributed by atoms with Gasteiger partial charge in [0.05, 0.1) is 40.3 Å². The molecule has 0 amide bonds. The number of carbonyl (C=O) groups is 3. The number of aliphatic carboxylic acids is 1. The number of nitrogens with zero attached hydrogens (tertiary/aromatic N) is 1. The average Bonchev–Trinajstić information content (AvgIpc) is 3.42. The maximum Gasteiger partial charge on any atom is 0.306 e.